The van der Waals surface area contributed by atoms with Crippen LogP contribution in [0, 0.1) is 11.8 Å². The summed E-state index contributed by atoms with van der Waals surface area (Å²) in [4.78, 5) is 23.9. The minimum atomic E-state index is -0.941. The molecule has 1 aliphatic carbocycles. The Bertz CT molecular complexity index is 421. The summed E-state index contributed by atoms with van der Waals surface area (Å²) in [7, 11) is 1.28. The number of carbonyl (C=O) groups excluding carboxylic acids is 2. The van der Waals surface area contributed by atoms with Crippen LogP contribution in [0.25, 0.3) is 0 Å². The van der Waals surface area contributed by atoms with E-state index in [0.717, 1.165) is 6.42 Å². The lowest BCUT2D eigenvalue weighted by Crippen LogP contribution is -2.49. The van der Waals surface area contributed by atoms with Crippen molar-refractivity contribution >= 4 is 12.1 Å². The van der Waals surface area contributed by atoms with Gasteiger partial charge in [0.1, 0.15) is 5.60 Å². The SMILES string of the molecule is CCC[C@H](N)[C@@H]1[C@H](O)[C@@H](C(=O)OC)C[C@H]1NC(=O)OC(C)(C)C. The van der Waals surface area contributed by atoms with Gasteiger partial charge in [-0.1, -0.05) is 13.3 Å². The zero-order chi connectivity index (χ0) is 17.8. The zero-order valence-electron chi connectivity index (χ0n) is 14.7. The molecule has 1 fully saturated rings. The number of carbonyl (C=O) groups is 2. The summed E-state index contributed by atoms with van der Waals surface area (Å²) in [6, 6.07) is -0.741. The predicted octanol–water partition coefficient (Wildman–Crippen LogP) is 1.18. The van der Waals surface area contributed by atoms with Gasteiger partial charge in [0.2, 0.25) is 0 Å². The molecule has 0 aromatic rings. The van der Waals surface area contributed by atoms with E-state index in [9.17, 15) is 14.7 Å². The van der Waals surface area contributed by atoms with Crippen LogP contribution < -0.4 is 11.1 Å². The Morgan fingerprint density at radius 3 is 2.48 bits per heavy atom. The summed E-state index contributed by atoms with van der Waals surface area (Å²) in [6.45, 7) is 7.31. The number of amides is 1. The van der Waals surface area contributed by atoms with Gasteiger partial charge < -0.3 is 25.6 Å². The minimum Gasteiger partial charge on any atom is -0.469 e. The van der Waals surface area contributed by atoms with Gasteiger partial charge >= 0.3 is 12.1 Å². The van der Waals surface area contributed by atoms with Gasteiger partial charge in [-0.2, -0.15) is 0 Å². The van der Waals surface area contributed by atoms with Crippen molar-refractivity contribution in [3.63, 3.8) is 0 Å². The molecule has 0 aromatic carbocycles. The van der Waals surface area contributed by atoms with Crippen LogP contribution in [0.1, 0.15) is 47.0 Å². The maximum Gasteiger partial charge on any atom is 0.407 e. The molecule has 7 heteroatoms. The third-order valence-electron chi connectivity index (χ3n) is 4.10. The van der Waals surface area contributed by atoms with Crippen molar-refractivity contribution in [1.82, 2.24) is 5.32 Å². The summed E-state index contributed by atoms with van der Waals surface area (Å²) < 4.78 is 10.00. The van der Waals surface area contributed by atoms with E-state index in [1.54, 1.807) is 20.8 Å². The fourth-order valence-electron chi connectivity index (χ4n) is 3.15. The first-order valence-corrected chi connectivity index (χ1v) is 8.11. The number of hydrogen-bond donors (Lipinski definition) is 3. The van der Waals surface area contributed by atoms with E-state index in [4.69, 9.17) is 15.2 Å². The normalized spacial score (nSPS) is 29.0. The van der Waals surface area contributed by atoms with Gasteiger partial charge in [0.05, 0.1) is 19.1 Å². The van der Waals surface area contributed by atoms with Gasteiger partial charge in [-0.25, -0.2) is 4.79 Å². The van der Waals surface area contributed by atoms with Crippen LogP contribution in [0.5, 0.6) is 0 Å². The monoisotopic (exact) mass is 330 g/mol. The highest BCUT2D eigenvalue weighted by molar-refractivity contribution is 5.74. The van der Waals surface area contributed by atoms with Crippen molar-refractivity contribution in [3.05, 3.63) is 0 Å². The number of methoxy groups -OCH3 is 1. The highest BCUT2D eigenvalue weighted by Gasteiger charge is 2.49. The Morgan fingerprint density at radius 2 is 2.00 bits per heavy atom. The molecule has 134 valence electrons. The van der Waals surface area contributed by atoms with E-state index in [1.807, 2.05) is 6.92 Å². The summed E-state index contributed by atoms with van der Waals surface area (Å²) in [6.07, 6.45) is 0.321. The Hall–Kier alpha value is -1.34. The van der Waals surface area contributed by atoms with Crippen molar-refractivity contribution in [2.24, 2.45) is 17.6 Å². The number of hydrogen-bond acceptors (Lipinski definition) is 6. The van der Waals surface area contributed by atoms with Crippen molar-refractivity contribution in [3.8, 4) is 0 Å². The fourth-order valence-corrected chi connectivity index (χ4v) is 3.15. The van der Waals surface area contributed by atoms with Gasteiger partial charge in [0.15, 0.2) is 0 Å². The maximum absolute atomic E-state index is 12.0. The number of rotatable bonds is 5. The van der Waals surface area contributed by atoms with Crippen molar-refractivity contribution in [1.29, 1.82) is 0 Å². The molecule has 0 heterocycles. The second-order valence-electron chi connectivity index (χ2n) is 7.14. The molecular weight excluding hydrogens is 300 g/mol. The van der Waals surface area contributed by atoms with Crippen LogP contribution in [-0.2, 0) is 14.3 Å². The lowest BCUT2D eigenvalue weighted by atomic mass is 9.89. The van der Waals surface area contributed by atoms with E-state index in [-0.39, 0.29) is 12.5 Å². The number of ether oxygens (including phenoxy) is 2. The van der Waals surface area contributed by atoms with E-state index in [0.29, 0.717) is 6.42 Å². The number of alkyl carbamates (subject to hydrolysis) is 1. The average molecular weight is 330 g/mol. The van der Waals surface area contributed by atoms with Crippen LogP contribution in [0.4, 0.5) is 4.79 Å². The molecule has 0 unspecified atom stereocenters. The summed E-state index contributed by atoms with van der Waals surface area (Å²) in [5.74, 6) is -1.58. The third kappa shape index (κ3) is 5.35. The molecule has 0 aromatic heterocycles. The Labute approximate surface area is 137 Å². The van der Waals surface area contributed by atoms with Crippen LogP contribution >= 0.6 is 0 Å². The quantitative estimate of drug-likeness (QED) is 0.653. The largest absolute Gasteiger partial charge is 0.469 e. The molecule has 5 atom stereocenters. The van der Waals surface area contributed by atoms with E-state index in [1.165, 1.54) is 7.11 Å². The molecule has 1 amide bonds. The highest BCUT2D eigenvalue weighted by atomic mass is 16.6. The molecule has 0 aliphatic heterocycles. The van der Waals surface area contributed by atoms with Crippen LogP contribution in [0.2, 0.25) is 0 Å². The van der Waals surface area contributed by atoms with Crippen molar-refractivity contribution < 1.29 is 24.2 Å². The molecule has 1 saturated carbocycles. The van der Waals surface area contributed by atoms with Gasteiger partial charge in [-0.3, -0.25) is 4.79 Å². The summed E-state index contributed by atoms with van der Waals surface area (Å²) in [5.41, 5.74) is 5.55. The minimum absolute atomic E-state index is 0.287. The molecule has 4 N–H and O–H groups in total. The van der Waals surface area contributed by atoms with Crippen molar-refractivity contribution in [2.45, 2.75) is 70.7 Å². The predicted molar refractivity (Wildman–Crippen MR) is 85.7 cm³/mol. The lowest BCUT2D eigenvalue weighted by molar-refractivity contribution is -0.148. The lowest BCUT2D eigenvalue weighted by Gasteiger charge is -2.29. The second-order valence-corrected chi connectivity index (χ2v) is 7.14. The molecule has 1 aliphatic rings. The Morgan fingerprint density at radius 1 is 1.39 bits per heavy atom. The van der Waals surface area contributed by atoms with E-state index >= 15 is 0 Å². The van der Waals surface area contributed by atoms with Gasteiger partial charge in [-0.15, -0.1) is 0 Å². The molecule has 0 radical (unpaired) electrons. The first-order chi connectivity index (χ1) is 10.6. The van der Waals surface area contributed by atoms with Crippen LogP contribution in [-0.4, -0.2) is 48.1 Å². The van der Waals surface area contributed by atoms with Gasteiger partial charge in [0, 0.05) is 18.0 Å². The molecule has 0 bridgehead atoms. The molecule has 0 spiro atoms. The number of esters is 1. The number of nitrogens with two attached hydrogens (primary N) is 1. The van der Waals surface area contributed by atoms with Gasteiger partial charge in [0.25, 0.3) is 0 Å². The standard InChI is InChI=1S/C16H30N2O5/c1-6-7-10(17)12-11(18-15(21)23-16(2,3)4)8-9(13(12)19)14(20)22-5/h9-13,19H,6-8,17H2,1-5H3,(H,18,21)/t9-,10-,11+,12-,13+/m0/s1. The number of aliphatic hydroxyl groups excluding tert-OH is 1. The highest BCUT2D eigenvalue weighted by Crippen LogP contribution is 2.35. The number of nitrogens with one attached hydrogen (secondary N) is 1. The second kappa shape index (κ2) is 7.97. The average Bonchev–Trinajstić information content (AvgIpc) is 2.72. The molecule has 23 heavy (non-hydrogen) atoms. The Kier molecular flexibility index (Phi) is 6.83. The molecule has 1 rings (SSSR count). The van der Waals surface area contributed by atoms with Crippen LogP contribution in [0.3, 0.4) is 0 Å². The topological polar surface area (TPSA) is 111 Å². The molecule has 0 saturated heterocycles. The smallest absolute Gasteiger partial charge is 0.407 e. The molecule has 7 nitrogen and oxygen atoms in total. The molecular formula is C16H30N2O5. The maximum atomic E-state index is 12.0. The number of aliphatic hydroxyl groups is 1. The third-order valence-corrected chi connectivity index (χ3v) is 4.10. The van der Waals surface area contributed by atoms with E-state index < -0.39 is 41.6 Å². The van der Waals surface area contributed by atoms with Crippen molar-refractivity contribution in [2.75, 3.05) is 7.11 Å². The summed E-state index contributed by atoms with van der Waals surface area (Å²) >= 11 is 0. The van der Waals surface area contributed by atoms with Gasteiger partial charge in [-0.05, 0) is 33.6 Å². The first kappa shape index (κ1) is 19.7. The van der Waals surface area contributed by atoms with Crippen LogP contribution in [0.15, 0.2) is 0 Å². The summed E-state index contributed by atoms with van der Waals surface area (Å²) in [5, 5.41) is 13.2. The zero-order valence-corrected chi connectivity index (χ0v) is 14.7. The van der Waals surface area contributed by atoms with E-state index in [2.05, 4.69) is 5.32 Å². The first-order valence-electron chi connectivity index (χ1n) is 8.11. The Balaban J connectivity index is 2.87. The fraction of sp³-hybridized carbons (Fsp3) is 0.875.